The van der Waals surface area contributed by atoms with Crippen LogP contribution in [0.5, 0.6) is 0 Å². The quantitative estimate of drug-likeness (QED) is 0.758. The third-order valence-corrected chi connectivity index (χ3v) is 5.80. The number of hydrogen-bond donors (Lipinski definition) is 1. The first kappa shape index (κ1) is 16.4. The first-order chi connectivity index (χ1) is 12.2. The summed E-state index contributed by atoms with van der Waals surface area (Å²) >= 11 is 0. The van der Waals surface area contributed by atoms with E-state index < -0.39 is 0 Å². The van der Waals surface area contributed by atoms with Crippen LogP contribution in [-0.4, -0.2) is 32.0 Å². The first-order valence-corrected chi connectivity index (χ1v) is 9.49. The van der Waals surface area contributed by atoms with Crippen molar-refractivity contribution in [2.75, 3.05) is 6.54 Å². The molecule has 0 spiro atoms. The van der Waals surface area contributed by atoms with E-state index in [-0.39, 0.29) is 0 Å². The molecule has 1 unspecified atom stereocenters. The zero-order valence-corrected chi connectivity index (χ0v) is 15.3. The molecule has 4 heteroatoms. The molecular weight excluding hydrogens is 308 g/mol. The standard InChI is InChI=1S/C21H28N4/c1-16-18-8-3-4-9-19(18)23-20(16)15-25-13-6-5-7-17(25)10-11-21-22-12-14-24(21)2/h3-4,8-9,12,14,17,23H,5-7,10-11,13,15H2,1-2H3. The summed E-state index contributed by atoms with van der Waals surface area (Å²) in [6, 6.07) is 9.30. The predicted octanol–water partition coefficient (Wildman–Crippen LogP) is 4.20. The van der Waals surface area contributed by atoms with Crippen molar-refractivity contribution in [2.45, 2.75) is 51.6 Å². The summed E-state index contributed by atoms with van der Waals surface area (Å²) in [6.07, 6.45) is 10.2. The second kappa shape index (κ2) is 7.04. The summed E-state index contributed by atoms with van der Waals surface area (Å²) in [5.41, 5.74) is 4.05. The Morgan fingerprint density at radius 3 is 2.92 bits per heavy atom. The molecule has 1 aromatic carbocycles. The number of para-hydroxylation sites is 1. The van der Waals surface area contributed by atoms with E-state index in [0.29, 0.717) is 6.04 Å². The van der Waals surface area contributed by atoms with Gasteiger partial charge >= 0.3 is 0 Å². The molecule has 4 nitrogen and oxygen atoms in total. The SMILES string of the molecule is Cc1c(CN2CCCCC2CCc2nccn2C)[nH]c2ccccc12. The zero-order valence-electron chi connectivity index (χ0n) is 15.3. The summed E-state index contributed by atoms with van der Waals surface area (Å²) in [6.45, 7) is 4.49. The van der Waals surface area contributed by atoms with Gasteiger partial charge in [0, 0.05) is 55.0 Å². The van der Waals surface area contributed by atoms with E-state index >= 15 is 0 Å². The molecule has 1 aliphatic heterocycles. The largest absolute Gasteiger partial charge is 0.357 e. The minimum Gasteiger partial charge on any atom is -0.357 e. The molecule has 0 radical (unpaired) electrons. The lowest BCUT2D eigenvalue weighted by Gasteiger charge is -2.35. The number of nitrogens with one attached hydrogen (secondary N) is 1. The van der Waals surface area contributed by atoms with Gasteiger partial charge in [0.1, 0.15) is 5.82 Å². The van der Waals surface area contributed by atoms with Crippen LogP contribution in [0.4, 0.5) is 0 Å². The van der Waals surface area contributed by atoms with Gasteiger partial charge in [-0.1, -0.05) is 24.6 Å². The van der Waals surface area contributed by atoms with Crippen molar-refractivity contribution < 1.29 is 0 Å². The average Bonchev–Trinajstić information content (AvgIpc) is 3.18. The molecule has 1 N–H and O–H groups in total. The number of aryl methyl sites for hydroxylation is 3. The highest BCUT2D eigenvalue weighted by molar-refractivity contribution is 5.84. The highest BCUT2D eigenvalue weighted by Gasteiger charge is 2.24. The van der Waals surface area contributed by atoms with Gasteiger partial charge in [0.05, 0.1) is 0 Å². The second-order valence-electron chi connectivity index (χ2n) is 7.39. The maximum Gasteiger partial charge on any atom is 0.108 e. The van der Waals surface area contributed by atoms with Crippen LogP contribution in [0.15, 0.2) is 36.7 Å². The average molecular weight is 336 g/mol. The number of rotatable bonds is 5. The Labute approximate surface area is 149 Å². The number of piperidine rings is 1. The Morgan fingerprint density at radius 1 is 1.24 bits per heavy atom. The van der Waals surface area contributed by atoms with E-state index in [4.69, 9.17) is 0 Å². The van der Waals surface area contributed by atoms with Crippen LogP contribution in [0, 0.1) is 6.92 Å². The first-order valence-electron chi connectivity index (χ1n) is 9.49. The maximum absolute atomic E-state index is 4.49. The lowest BCUT2D eigenvalue weighted by Crippen LogP contribution is -2.39. The lowest BCUT2D eigenvalue weighted by atomic mass is 9.97. The van der Waals surface area contributed by atoms with E-state index in [1.54, 1.807) is 0 Å². The zero-order chi connectivity index (χ0) is 17.2. The third kappa shape index (κ3) is 3.36. The number of aromatic nitrogens is 3. The monoisotopic (exact) mass is 336 g/mol. The van der Waals surface area contributed by atoms with E-state index in [2.05, 4.69) is 57.7 Å². The van der Waals surface area contributed by atoms with E-state index in [9.17, 15) is 0 Å². The topological polar surface area (TPSA) is 36.9 Å². The summed E-state index contributed by atoms with van der Waals surface area (Å²) < 4.78 is 2.15. The Kier molecular flexibility index (Phi) is 4.62. The van der Waals surface area contributed by atoms with Crippen LogP contribution >= 0.6 is 0 Å². The van der Waals surface area contributed by atoms with Gasteiger partial charge in [-0.15, -0.1) is 0 Å². The highest BCUT2D eigenvalue weighted by Crippen LogP contribution is 2.27. The molecular formula is C21H28N4. The smallest absolute Gasteiger partial charge is 0.108 e. The van der Waals surface area contributed by atoms with Gasteiger partial charge in [0.25, 0.3) is 0 Å². The van der Waals surface area contributed by atoms with Gasteiger partial charge in [-0.25, -0.2) is 4.98 Å². The molecule has 0 bridgehead atoms. The highest BCUT2D eigenvalue weighted by atomic mass is 15.2. The van der Waals surface area contributed by atoms with Gasteiger partial charge in [-0.2, -0.15) is 0 Å². The molecule has 1 saturated heterocycles. The van der Waals surface area contributed by atoms with Crippen LogP contribution in [0.1, 0.15) is 42.8 Å². The van der Waals surface area contributed by atoms with Crippen molar-refractivity contribution in [2.24, 2.45) is 7.05 Å². The van der Waals surface area contributed by atoms with Gasteiger partial charge in [0.15, 0.2) is 0 Å². The predicted molar refractivity (Wildman–Crippen MR) is 103 cm³/mol. The van der Waals surface area contributed by atoms with Crippen LogP contribution in [0.25, 0.3) is 10.9 Å². The number of benzene rings is 1. The van der Waals surface area contributed by atoms with Crippen molar-refractivity contribution >= 4 is 10.9 Å². The van der Waals surface area contributed by atoms with E-state index in [1.165, 1.54) is 60.2 Å². The molecule has 0 aliphatic carbocycles. The number of nitrogens with zero attached hydrogens (tertiary/aromatic N) is 3. The molecule has 1 fully saturated rings. The lowest BCUT2D eigenvalue weighted by molar-refractivity contribution is 0.130. The summed E-state index contributed by atoms with van der Waals surface area (Å²) in [5, 5.41) is 1.36. The number of likely N-dealkylation sites (tertiary alicyclic amines) is 1. The fraction of sp³-hybridized carbons (Fsp3) is 0.476. The van der Waals surface area contributed by atoms with Crippen molar-refractivity contribution in [3.63, 3.8) is 0 Å². The minimum absolute atomic E-state index is 0.663. The number of fused-ring (bicyclic) bond motifs is 1. The molecule has 0 saturated carbocycles. The fourth-order valence-electron chi connectivity index (χ4n) is 4.23. The Balaban J connectivity index is 1.48. The fourth-order valence-corrected chi connectivity index (χ4v) is 4.23. The number of H-pyrrole nitrogens is 1. The maximum atomic E-state index is 4.49. The molecule has 2 aromatic heterocycles. The number of hydrogen-bond acceptors (Lipinski definition) is 2. The van der Waals surface area contributed by atoms with Crippen molar-refractivity contribution in [3.8, 4) is 0 Å². The molecule has 0 amide bonds. The van der Waals surface area contributed by atoms with Crippen molar-refractivity contribution in [1.82, 2.24) is 19.4 Å². The van der Waals surface area contributed by atoms with Gasteiger partial charge in [-0.3, -0.25) is 4.90 Å². The normalized spacial score (nSPS) is 18.9. The summed E-state index contributed by atoms with van der Waals surface area (Å²) in [5.74, 6) is 1.20. The van der Waals surface area contributed by atoms with Crippen molar-refractivity contribution in [1.29, 1.82) is 0 Å². The number of imidazole rings is 1. The molecule has 25 heavy (non-hydrogen) atoms. The van der Waals surface area contributed by atoms with Crippen LogP contribution in [0.2, 0.25) is 0 Å². The van der Waals surface area contributed by atoms with Crippen LogP contribution in [0.3, 0.4) is 0 Å². The Hall–Kier alpha value is -2.07. The number of aromatic amines is 1. The second-order valence-corrected chi connectivity index (χ2v) is 7.39. The minimum atomic E-state index is 0.663. The molecule has 3 heterocycles. The molecule has 3 aromatic rings. The van der Waals surface area contributed by atoms with Gasteiger partial charge in [-0.05, 0) is 44.4 Å². The Bertz CT molecular complexity index is 845. The molecule has 132 valence electrons. The summed E-state index contributed by atoms with van der Waals surface area (Å²) in [4.78, 5) is 10.8. The van der Waals surface area contributed by atoms with E-state index in [0.717, 1.165) is 13.0 Å². The summed E-state index contributed by atoms with van der Waals surface area (Å²) in [7, 11) is 2.09. The molecule has 1 atom stereocenters. The molecule has 4 rings (SSSR count). The van der Waals surface area contributed by atoms with Crippen molar-refractivity contribution in [3.05, 3.63) is 53.7 Å². The van der Waals surface area contributed by atoms with Gasteiger partial charge < -0.3 is 9.55 Å². The third-order valence-electron chi connectivity index (χ3n) is 5.80. The Morgan fingerprint density at radius 2 is 2.12 bits per heavy atom. The van der Waals surface area contributed by atoms with Crippen LogP contribution in [-0.2, 0) is 20.0 Å². The molecule has 1 aliphatic rings. The van der Waals surface area contributed by atoms with Gasteiger partial charge in [0.2, 0.25) is 0 Å². The van der Waals surface area contributed by atoms with Crippen LogP contribution < -0.4 is 0 Å². The van der Waals surface area contributed by atoms with E-state index in [1.807, 2.05) is 12.4 Å².